The number of Topliss-reactive ketones (excluding diaryl/α,β-unsaturated/α-hetero) is 1. The number of hydrogen-bond donors (Lipinski definition) is 0. The van der Waals surface area contributed by atoms with Crippen molar-refractivity contribution in [1.82, 2.24) is 4.90 Å². The van der Waals surface area contributed by atoms with Gasteiger partial charge < -0.3 is 0 Å². The van der Waals surface area contributed by atoms with Crippen LogP contribution in [-0.2, 0) is 4.79 Å². The van der Waals surface area contributed by atoms with Crippen LogP contribution in [0.2, 0.25) is 0 Å². The molecule has 0 aromatic rings. The monoisotopic (exact) mass is 153 g/mol. The number of rotatable bonds is 1. The Hall–Kier alpha value is -0.370. The molecule has 2 bridgehead atoms. The van der Waals surface area contributed by atoms with Crippen LogP contribution < -0.4 is 0 Å². The lowest BCUT2D eigenvalue weighted by atomic mass is 9.96. The number of piperidine rings is 1. The van der Waals surface area contributed by atoms with Crippen LogP contribution in [-0.4, -0.2) is 29.8 Å². The first-order valence-electron chi connectivity index (χ1n) is 4.42. The summed E-state index contributed by atoms with van der Waals surface area (Å²) >= 11 is 0. The first-order chi connectivity index (χ1) is 5.20. The van der Waals surface area contributed by atoms with Crippen LogP contribution in [0.15, 0.2) is 0 Å². The second-order valence-electron chi connectivity index (χ2n) is 3.95. The quantitative estimate of drug-likeness (QED) is 0.561. The molecule has 2 heteroatoms. The Morgan fingerprint density at radius 2 is 2.18 bits per heavy atom. The molecule has 2 fully saturated rings. The molecule has 0 radical (unpaired) electrons. The van der Waals surface area contributed by atoms with Crippen molar-refractivity contribution in [3.8, 4) is 0 Å². The van der Waals surface area contributed by atoms with Gasteiger partial charge in [-0.05, 0) is 39.2 Å². The van der Waals surface area contributed by atoms with Crippen LogP contribution in [0, 0.1) is 5.92 Å². The molecule has 0 aromatic heterocycles. The van der Waals surface area contributed by atoms with Gasteiger partial charge in [0.15, 0.2) is 0 Å². The number of ketones is 1. The fraction of sp³-hybridized carbons (Fsp3) is 0.889. The van der Waals surface area contributed by atoms with Gasteiger partial charge in [0, 0.05) is 6.04 Å². The van der Waals surface area contributed by atoms with Gasteiger partial charge in [-0.25, -0.2) is 0 Å². The Balaban J connectivity index is 2.17. The molecule has 1 aliphatic heterocycles. The number of nitrogens with zero attached hydrogens (tertiary/aromatic N) is 1. The maximum absolute atomic E-state index is 11.2. The minimum Gasteiger partial charge on any atom is -0.298 e. The number of likely N-dealkylation sites (tertiary alicyclic amines) is 1. The highest BCUT2D eigenvalue weighted by Crippen LogP contribution is 2.41. The largest absolute Gasteiger partial charge is 0.298 e. The van der Waals surface area contributed by atoms with E-state index in [-0.39, 0.29) is 6.04 Å². The molecule has 1 saturated carbocycles. The summed E-state index contributed by atoms with van der Waals surface area (Å²) < 4.78 is 0. The van der Waals surface area contributed by atoms with Crippen molar-refractivity contribution in [2.45, 2.75) is 38.3 Å². The molecule has 1 aliphatic carbocycles. The lowest BCUT2D eigenvalue weighted by Crippen LogP contribution is -2.41. The second-order valence-corrected chi connectivity index (χ2v) is 3.95. The third kappa shape index (κ3) is 0.924. The van der Waals surface area contributed by atoms with Crippen molar-refractivity contribution < 1.29 is 4.79 Å². The van der Waals surface area contributed by atoms with Gasteiger partial charge in [-0.15, -0.1) is 0 Å². The minimum atomic E-state index is 0.258. The number of carbonyl (C=O) groups is 1. The predicted octanol–water partition coefficient (Wildman–Crippen LogP) is 1.06. The summed E-state index contributed by atoms with van der Waals surface area (Å²) in [5.41, 5.74) is 0. The summed E-state index contributed by atoms with van der Waals surface area (Å²) in [7, 11) is 2.09. The molecule has 11 heavy (non-hydrogen) atoms. The second kappa shape index (κ2) is 2.31. The van der Waals surface area contributed by atoms with E-state index in [0.29, 0.717) is 17.7 Å². The normalized spacial score (nSPS) is 43.3. The third-order valence-corrected chi connectivity index (χ3v) is 3.32. The zero-order valence-corrected chi connectivity index (χ0v) is 7.21. The van der Waals surface area contributed by atoms with E-state index >= 15 is 0 Å². The fourth-order valence-corrected chi connectivity index (χ4v) is 2.83. The van der Waals surface area contributed by atoms with E-state index in [2.05, 4.69) is 11.9 Å². The molecule has 1 saturated heterocycles. The van der Waals surface area contributed by atoms with E-state index in [1.165, 1.54) is 19.3 Å². The smallest absolute Gasteiger partial charge is 0.147 e. The van der Waals surface area contributed by atoms with E-state index < -0.39 is 0 Å². The van der Waals surface area contributed by atoms with E-state index in [4.69, 9.17) is 0 Å². The highest BCUT2D eigenvalue weighted by atomic mass is 16.1. The summed E-state index contributed by atoms with van der Waals surface area (Å²) in [5, 5.41) is 0. The molecule has 1 heterocycles. The van der Waals surface area contributed by atoms with Crippen molar-refractivity contribution in [1.29, 1.82) is 0 Å². The number of carbonyl (C=O) groups excluding carboxylic acids is 1. The van der Waals surface area contributed by atoms with Crippen LogP contribution in [0.1, 0.15) is 26.2 Å². The van der Waals surface area contributed by atoms with Crippen molar-refractivity contribution in [2.75, 3.05) is 7.05 Å². The number of fused-ring (bicyclic) bond motifs is 2. The van der Waals surface area contributed by atoms with Gasteiger partial charge in [0.2, 0.25) is 0 Å². The highest BCUT2D eigenvalue weighted by Gasteiger charge is 2.45. The fourth-order valence-electron chi connectivity index (χ4n) is 2.83. The van der Waals surface area contributed by atoms with Gasteiger partial charge >= 0.3 is 0 Å². The lowest BCUT2D eigenvalue weighted by Gasteiger charge is -2.29. The molecule has 0 aromatic carbocycles. The molecule has 1 unspecified atom stereocenters. The summed E-state index contributed by atoms with van der Waals surface area (Å²) in [6, 6.07) is 0.975. The van der Waals surface area contributed by atoms with Gasteiger partial charge in [0.25, 0.3) is 0 Å². The van der Waals surface area contributed by atoms with E-state index in [9.17, 15) is 4.79 Å². The molecule has 2 rings (SSSR count). The van der Waals surface area contributed by atoms with Crippen LogP contribution in [0.4, 0.5) is 0 Å². The number of hydrogen-bond acceptors (Lipinski definition) is 2. The van der Waals surface area contributed by atoms with Crippen LogP contribution in [0.3, 0.4) is 0 Å². The molecule has 2 aliphatic rings. The maximum atomic E-state index is 11.2. The average Bonchev–Trinajstić information content (AvgIpc) is 2.44. The maximum Gasteiger partial charge on any atom is 0.147 e. The average molecular weight is 153 g/mol. The molecule has 0 spiro atoms. The molecular weight excluding hydrogens is 138 g/mol. The van der Waals surface area contributed by atoms with E-state index in [0.717, 1.165) is 0 Å². The summed E-state index contributed by atoms with van der Waals surface area (Å²) in [4.78, 5) is 13.5. The van der Waals surface area contributed by atoms with Crippen molar-refractivity contribution in [3.63, 3.8) is 0 Å². The van der Waals surface area contributed by atoms with E-state index in [1.54, 1.807) is 6.92 Å². The first-order valence-corrected chi connectivity index (χ1v) is 4.42. The van der Waals surface area contributed by atoms with Gasteiger partial charge in [-0.1, -0.05) is 0 Å². The van der Waals surface area contributed by atoms with Gasteiger partial charge in [0.1, 0.15) is 5.78 Å². The molecule has 3 atom stereocenters. The minimum absolute atomic E-state index is 0.258. The number of likely N-dealkylation sites (N-methyl/N-ethyl adjacent to an activating group) is 1. The Morgan fingerprint density at radius 3 is 2.55 bits per heavy atom. The Kier molecular flexibility index (Phi) is 1.53. The van der Waals surface area contributed by atoms with Crippen LogP contribution in [0.5, 0.6) is 0 Å². The zero-order valence-electron chi connectivity index (χ0n) is 7.21. The van der Waals surface area contributed by atoms with Gasteiger partial charge in [0.05, 0.1) is 6.04 Å². The zero-order chi connectivity index (χ0) is 8.01. The SMILES string of the molecule is CC(=O)C1[C@@H]2CC[C@@H](C2)N1C. The van der Waals surface area contributed by atoms with Gasteiger partial charge in [-0.2, -0.15) is 0 Å². The molecule has 0 amide bonds. The van der Waals surface area contributed by atoms with Crippen molar-refractivity contribution in [2.24, 2.45) is 5.92 Å². The van der Waals surface area contributed by atoms with Crippen LogP contribution in [0.25, 0.3) is 0 Å². The molecule has 2 nitrogen and oxygen atoms in total. The Bertz CT molecular complexity index is 188. The topological polar surface area (TPSA) is 20.3 Å². The third-order valence-electron chi connectivity index (χ3n) is 3.32. The lowest BCUT2D eigenvalue weighted by molar-refractivity contribution is -0.123. The highest BCUT2D eigenvalue weighted by molar-refractivity contribution is 5.82. The summed E-state index contributed by atoms with van der Waals surface area (Å²) in [5.74, 6) is 1.04. The predicted molar refractivity (Wildman–Crippen MR) is 43.4 cm³/mol. The molecule has 62 valence electrons. The Labute approximate surface area is 67.6 Å². The first kappa shape index (κ1) is 7.29. The molecule has 0 N–H and O–H groups in total. The van der Waals surface area contributed by atoms with Gasteiger partial charge in [-0.3, -0.25) is 9.69 Å². The molecular formula is C9H15NO. The Morgan fingerprint density at radius 1 is 1.45 bits per heavy atom. The van der Waals surface area contributed by atoms with Crippen molar-refractivity contribution >= 4 is 5.78 Å². The summed E-state index contributed by atoms with van der Waals surface area (Å²) in [6.45, 7) is 1.72. The summed E-state index contributed by atoms with van der Waals surface area (Å²) in [6.07, 6.45) is 3.85. The van der Waals surface area contributed by atoms with E-state index in [1.807, 2.05) is 0 Å². The standard InChI is InChI=1S/C9H15NO/c1-6(11)9-7-3-4-8(5-7)10(9)2/h7-9H,3-5H2,1-2H3/t7-,8+,9?/m1/s1. The van der Waals surface area contributed by atoms with Crippen molar-refractivity contribution in [3.05, 3.63) is 0 Å². The van der Waals surface area contributed by atoms with Crippen LogP contribution >= 0.6 is 0 Å².